The van der Waals surface area contributed by atoms with Crippen molar-refractivity contribution in [2.75, 3.05) is 5.73 Å². The molecule has 0 amide bonds. The molecule has 0 aliphatic carbocycles. The highest BCUT2D eigenvalue weighted by atomic mass is 32.1. The monoisotopic (exact) mass is 208 g/mol. The van der Waals surface area contributed by atoms with Gasteiger partial charge in [0, 0.05) is 11.9 Å². The number of thiophene rings is 1. The first-order chi connectivity index (χ1) is 6.61. The number of anilines is 1. The lowest BCUT2D eigenvalue weighted by atomic mass is 10.1. The summed E-state index contributed by atoms with van der Waals surface area (Å²) in [4.78, 5) is 5.44. The molecule has 0 aliphatic rings. The van der Waals surface area contributed by atoms with Gasteiger partial charge in [0.05, 0.1) is 10.6 Å². The summed E-state index contributed by atoms with van der Waals surface area (Å²) in [6.45, 7) is 4.13. The third-order valence-corrected chi connectivity index (χ3v) is 3.38. The Morgan fingerprint density at radius 1 is 1.43 bits per heavy atom. The average molecular weight is 208 g/mol. The summed E-state index contributed by atoms with van der Waals surface area (Å²) >= 11 is 1.60. The summed E-state index contributed by atoms with van der Waals surface area (Å²) in [5.74, 6) is 0.837. The molecule has 0 spiro atoms. The second kappa shape index (κ2) is 3.09. The van der Waals surface area contributed by atoms with Crippen molar-refractivity contribution < 1.29 is 0 Å². The second-order valence-electron chi connectivity index (χ2n) is 3.23. The normalized spacial score (nSPS) is 10.8. The van der Waals surface area contributed by atoms with Gasteiger partial charge in [-0.25, -0.2) is 9.67 Å². The highest BCUT2D eigenvalue weighted by Crippen LogP contribution is 2.36. The summed E-state index contributed by atoms with van der Waals surface area (Å²) in [5, 5.41) is 4.85. The van der Waals surface area contributed by atoms with Crippen LogP contribution >= 0.6 is 11.3 Å². The van der Waals surface area contributed by atoms with Crippen LogP contribution in [0.5, 0.6) is 0 Å². The lowest BCUT2D eigenvalue weighted by Gasteiger charge is -2.00. The van der Waals surface area contributed by atoms with Gasteiger partial charge in [0.15, 0.2) is 5.82 Å². The number of nitrogens with zero attached hydrogens (tertiary/aromatic N) is 3. The number of hydrogen-bond acceptors (Lipinski definition) is 4. The largest absolute Gasteiger partial charge is 0.390 e. The van der Waals surface area contributed by atoms with Crippen LogP contribution < -0.4 is 5.73 Å². The Morgan fingerprint density at radius 3 is 2.57 bits per heavy atom. The molecule has 74 valence electrons. The average Bonchev–Trinajstić information content (AvgIpc) is 2.60. The predicted molar refractivity (Wildman–Crippen MR) is 58.2 cm³/mol. The quantitative estimate of drug-likeness (QED) is 0.776. The molecule has 0 aliphatic heterocycles. The fraction of sp³-hybridized carbons (Fsp3) is 0.333. The van der Waals surface area contributed by atoms with Crippen molar-refractivity contribution in [2.24, 2.45) is 7.05 Å². The third-order valence-electron chi connectivity index (χ3n) is 2.35. The molecule has 2 rings (SSSR count). The Labute approximate surface area is 86.4 Å². The number of aromatic nitrogens is 3. The number of aryl methyl sites for hydroxylation is 2. The van der Waals surface area contributed by atoms with Gasteiger partial charge >= 0.3 is 0 Å². The molecule has 0 saturated carbocycles. The lowest BCUT2D eigenvalue weighted by Crippen LogP contribution is -1.97. The van der Waals surface area contributed by atoms with E-state index in [2.05, 4.69) is 23.9 Å². The SMILES string of the molecule is Cc1sc(N)c(-c2ncnn2C)c1C. The van der Waals surface area contributed by atoms with Gasteiger partial charge in [-0.15, -0.1) is 11.3 Å². The smallest absolute Gasteiger partial charge is 0.161 e. The molecule has 2 heterocycles. The maximum absolute atomic E-state index is 5.94. The van der Waals surface area contributed by atoms with Crippen LogP contribution in [0.3, 0.4) is 0 Å². The fourth-order valence-corrected chi connectivity index (χ4v) is 2.39. The summed E-state index contributed by atoms with van der Waals surface area (Å²) in [6.07, 6.45) is 1.54. The summed E-state index contributed by atoms with van der Waals surface area (Å²) in [6, 6.07) is 0. The molecule has 0 bridgehead atoms. The highest BCUT2D eigenvalue weighted by Gasteiger charge is 2.15. The lowest BCUT2D eigenvalue weighted by molar-refractivity contribution is 0.774. The van der Waals surface area contributed by atoms with Crippen LogP contribution in [0.15, 0.2) is 6.33 Å². The number of nitrogen functional groups attached to an aromatic ring is 1. The van der Waals surface area contributed by atoms with Crippen LogP contribution in [-0.4, -0.2) is 14.8 Å². The number of rotatable bonds is 1. The molecule has 0 fully saturated rings. The first-order valence-corrected chi connectivity index (χ1v) is 5.12. The van der Waals surface area contributed by atoms with Crippen molar-refractivity contribution in [1.82, 2.24) is 14.8 Å². The molecular weight excluding hydrogens is 196 g/mol. The van der Waals surface area contributed by atoms with Gasteiger partial charge < -0.3 is 5.73 Å². The minimum atomic E-state index is 0.816. The zero-order valence-corrected chi connectivity index (χ0v) is 9.22. The molecular formula is C9H12N4S. The van der Waals surface area contributed by atoms with E-state index in [1.54, 1.807) is 22.3 Å². The first kappa shape index (κ1) is 9.21. The van der Waals surface area contributed by atoms with E-state index in [1.165, 1.54) is 10.4 Å². The molecule has 2 aromatic rings. The summed E-state index contributed by atoms with van der Waals surface area (Å²) in [5.41, 5.74) is 8.16. The Morgan fingerprint density at radius 2 is 2.14 bits per heavy atom. The van der Waals surface area contributed by atoms with Crippen molar-refractivity contribution in [3.63, 3.8) is 0 Å². The zero-order chi connectivity index (χ0) is 10.3. The maximum atomic E-state index is 5.94. The Hall–Kier alpha value is -1.36. The standard InChI is InChI=1S/C9H12N4S/c1-5-6(2)14-8(10)7(5)9-11-4-12-13(9)3/h4H,10H2,1-3H3. The molecule has 0 atom stereocenters. The van der Waals surface area contributed by atoms with E-state index in [9.17, 15) is 0 Å². The highest BCUT2D eigenvalue weighted by molar-refractivity contribution is 7.16. The van der Waals surface area contributed by atoms with Crippen molar-refractivity contribution in [1.29, 1.82) is 0 Å². The van der Waals surface area contributed by atoms with Crippen LogP contribution in [-0.2, 0) is 7.05 Å². The van der Waals surface area contributed by atoms with E-state index >= 15 is 0 Å². The molecule has 2 N–H and O–H groups in total. The first-order valence-electron chi connectivity index (χ1n) is 4.31. The number of hydrogen-bond donors (Lipinski definition) is 1. The van der Waals surface area contributed by atoms with Gasteiger partial charge in [-0.1, -0.05) is 0 Å². The van der Waals surface area contributed by atoms with Crippen molar-refractivity contribution >= 4 is 16.3 Å². The van der Waals surface area contributed by atoms with Crippen LogP contribution in [0.4, 0.5) is 5.00 Å². The summed E-state index contributed by atoms with van der Waals surface area (Å²) in [7, 11) is 1.87. The molecule has 0 aromatic carbocycles. The number of nitrogens with two attached hydrogens (primary N) is 1. The second-order valence-corrected chi connectivity index (χ2v) is 4.49. The van der Waals surface area contributed by atoms with Crippen LogP contribution in [0.1, 0.15) is 10.4 Å². The predicted octanol–water partition coefficient (Wildman–Crippen LogP) is 1.74. The Bertz CT molecular complexity index is 469. The van der Waals surface area contributed by atoms with Gasteiger partial charge in [-0.3, -0.25) is 0 Å². The van der Waals surface area contributed by atoms with Crippen LogP contribution in [0.25, 0.3) is 11.4 Å². The topological polar surface area (TPSA) is 56.7 Å². The van der Waals surface area contributed by atoms with Crippen LogP contribution in [0, 0.1) is 13.8 Å². The van der Waals surface area contributed by atoms with E-state index < -0.39 is 0 Å². The van der Waals surface area contributed by atoms with Gasteiger partial charge in [0.2, 0.25) is 0 Å². The van der Waals surface area contributed by atoms with Gasteiger partial charge in [0.25, 0.3) is 0 Å². The van der Waals surface area contributed by atoms with E-state index in [0.717, 1.165) is 16.4 Å². The van der Waals surface area contributed by atoms with E-state index in [4.69, 9.17) is 5.73 Å². The Kier molecular flexibility index (Phi) is 2.03. The molecule has 0 unspecified atom stereocenters. The maximum Gasteiger partial charge on any atom is 0.161 e. The molecule has 0 radical (unpaired) electrons. The van der Waals surface area contributed by atoms with E-state index in [-0.39, 0.29) is 0 Å². The van der Waals surface area contributed by atoms with Crippen molar-refractivity contribution in [3.8, 4) is 11.4 Å². The van der Waals surface area contributed by atoms with Crippen molar-refractivity contribution in [3.05, 3.63) is 16.8 Å². The zero-order valence-electron chi connectivity index (χ0n) is 8.40. The molecule has 5 heteroatoms. The van der Waals surface area contributed by atoms with Crippen molar-refractivity contribution in [2.45, 2.75) is 13.8 Å². The van der Waals surface area contributed by atoms with Crippen LogP contribution in [0.2, 0.25) is 0 Å². The Balaban J connectivity index is 2.68. The molecule has 0 saturated heterocycles. The summed E-state index contributed by atoms with van der Waals surface area (Å²) < 4.78 is 1.74. The fourth-order valence-electron chi connectivity index (χ4n) is 1.45. The molecule has 14 heavy (non-hydrogen) atoms. The molecule has 2 aromatic heterocycles. The van der Waals surface area contributed by atoms with E-state index in [0.29, 0.717) is 0 Å². The van der Waals surface area contributed by atoms with Gasteiger partial charge in [0.1, 0.15) is 6.33 Å². The molecule has 4 nitrogen and oxygen atoms in total. The van der Waals surface area contributed by atoms with E-state index in [1.807, 2.05) is 7.05 Å². The minimum absolute atomic E-state index is 0.816. The third kappa shape index (κ3) is 1.21. The van der Waals surface area contributed by atoms with Gasteiger partial charge in [-0.05, 0) is 19.4 Å². The van der Waals surface area contributed by atoms with Gasteiger partial charge in [-0.2, -0.15) is 5.10 Å². The minimum Gasteiger partial charge on any atom is -0.390 e.